The van der Waals surface area contributed by atoms with Crippen LogP contribution in [0.2, 0.25) is 0 Å². The van der Waals surface area contributed by atoms with Gasteiger partial charge in [-0.15, -0.1) is 0 Å². The quantitative estimate of drug-likeness (QED) is 0.755. The Labute approximate surface area is 157 Å². The molecule has 8 heteroatoms. The van der Waals surface area contributed by atoms with E-state index in [4.69, 9.17) is 0 Å². The van der Waals surface area contributed by atoms with E-state index >= 15 is 0 Å². The molecule has 3 amide bonds. The number of sulfone groups is 1. The molecule has 2 fully saturated rings. The maximum absolute atomic E-state index is 13.2. The number of amides is 3. The van der Waals surface area contributed by atoms with E-state index in [1.165, 1.54) is 4.90 Å². The summed E-state index contributed by atoms with van der Waals surface area (Å²) < 4.78 is 23.7. The van der Waals surface area contributed by atoms with Crippen molar-refractivity contribution in [2.45, 2.75) is 44.3 Å². The lowest BCUT2D eigenvalue weighted by molar-refractivity contribution is -0.130. The van der Waals surface area contributed by atoms with Crippen LogP contribution in [-0.2, 0) is 26.6 Å². The normalized spacial score (nSPS) is 28.7. The fourth-order valence-electron chi connectivity index (χ4n) is 4.99. The minimum Gasteiger partial charge on any atom is -0.356 e. The first kappa shape index (κ1) is 16.8. The second-order valence-corrected chi connectivity index (χ2v) is 10.4. The molecule has 3 aliphatic heterocycles. The molecule has 0 saturated carbocycles. The third-order valence-electron chi connectivity index (χ3n) is 6.25. The molecule has 2 saturated heterocycles. The van der Waals surface area contributed by atoms with E-state index in [-0.39, 0.29) is 23.4 Å². The van der Waals surface area contributed by atoms with Crippen molar-refractivity contribution in [3.63, 3.8) is 0 Å². The smallest absolute Gasteiger partial charge is 0.328 e. The first-order valence-corrected chi connectivity index (χ1v) is 11.0. The number of nitrogens with one attached hydrogen (secondary N) is 1. The molecule has 1 N–H and O–H groups in total. The van der Waals surface area contributed by atoms with Gasteiger partial charge in [-0.25, -0.2) is 13.2 Å². The number of carbonyl (C=O) groups is 2. The summed E-state index contributed by atoms with van der Waals surface area (Å²) in [5.41, 5.74) is 2.33. The topological polar surface area (TPSA) is 90.5 Å². The lowest BCUT2D eigenvalue weighted by Gasteiger charge is -2.42. The molecule has 0 unspecified atom stereocenters. The number of hydrogen-bond donors (Lipinski definition) is 1. The Hall–Kier alpha value is -2.35. The summed E-state index contributed by atoms with van der Waals surface area (Å²) >= 11 is 0. The highest BCUT2D eigenvalue weighted by Gasteiger charge is 2.57. The molecule has 2 aromatic rings. The van der Waals surface area contributed by atoms with E-state index in [1.807, 2.05) is 38.1 Å². The van der Waals surface area contributed by atoms with Crippen LogP contribution in [0.4, 0.5) is 4.79 Å². The molecule has 0 spiro atoms. The van der Waals surface area contributed by atoms with Crippen molar-refractivity contribution in [3.05, 3.63) is 35.5 Å². The van der Waals surface area contributed by atoms with Gasteiger partial charge in [-0.1, -0.05) is 18.2 Å². The lowest BCUT2D eigenvalue weighted by atomic mass is 9.85. The molecule has 4 heterocycles. The van der Waals surface area contributed by atoms with Gasteiger partial charge in [-0.2, -0.15) is 0 Å². The highest BCUT2D eigenvalue weighted by molar-refractivity contribution is 7.91. The number of hydrogen-bond acceptors (Lipinski definition) is 4. The fourth-order valence-corrected chi connectivity index (χ4v) is 6.69. The SMILES string of the molecule is CC1(C)c2[nH]c3ccccc3c2C[C@H]2C(=O)N([C@@H]3CCS(=O)(=O)C3)C(=O)N21. The summed E-state index contributed by atoms with van der Waals surface area (Å²) in [6.07, 6.45) is 0.776. The third kappa shape index (κ3) is 2.16. The third-order valence-corrected chi connectivity index (χ3v) is 8.00. The number of carbonyl (C=O) groups excluding carboxylic acids is 2. The molecule has 142 valence electrons. The van der Waals surface area contributed by atoms with Crippen molar-refractivity contribution in [1.82, 2.24) is 14.8 Å². The Morgan fingerprint density at radius 3 is 2.63 bits per heavy atom. The Balaban J connectivity index is 1.60. The molecule has 1 aromatic carbocycles. The van der Waals surface area contributed by atoms with Gasteiger partial charge in [-0.05, 0) is 31.9 Å². The van der Waals surface area contributed by atoms with Crippen LogP contribution in [0.1, 0.15) is 31.5 Å². The average molecular weight is 387 g/mol. The van der Waals surface area contributed by atoms with Gasteiger partial charge in [0.05, 0.1) is 23.1 Å². The number of aromatic nitrogens is 1. The second kappa shape index (κ2) is 5.13. The van der Waals surface area contributed by atoms with Crippen LogP contribution < -0.4 is 0 Å². The molecule has 0 aliphatic carbocycles. The lowest BCUT2D eigenvalue weighted by Crippen LogP contribution is -2.52. The number of fused-ring (bicyclic) bond motifs is 4. The van der Waals surface area contributed by atoms with Gasteiger partial charge in [0, 0.05) is 23.0 Å². The number of benzene rings is 1. The maximum Gasteiger partial charge on any atom is 0.328 e. The predicted octanol–water partition coefficient (Wildman–Crippen LogP) is 1.78. The molecule has 7 nitrogen and oxygen atoms in total. The van der Waals surface area contributed by atoms with Crippen LogP contribution in [0.3, 0.4) is 0 Å². The van der Waals surface area contributed by atoms with Crippen LogP contribution in [0, 0.1) is 0 Å². The van der Waals surface area contributed by atoms with Gasteiger partial charge < -0.3 is 9.88 Å². The maximum atomic E-state index is 13.2. The van der Waals surface area contributed by atoms with Gasteiger partial charge in [0.15, 0.2) is 9.84 Å². The molecule has 5 rings (SSSR count). The number of para-hydroxylation sites is 1. The van der Waals surface area contributed by atoms with Crippen LogP contribution in [0.25, 0.3) is 10.9 Å². The number of nitrogens with zero attached hydrogens (tertiary/aromatic N) is 2. The number of aromatic amines is 1. The molecule has 2 atom stereocenters. The molecule has 3 aliphatic rings. The standard InChI is InChI=1S/C19H21N3O4S/c1-19(2)16-13(12-5-3-4-6-14(12)20-16)9-15-17(23)21(18(24)22(15)19)11-7-8-27(25,26)10-11/h3-6,11,15,20H,7-10H2,1-2H3/t11-,15+/m1/s1. The molecule has 0 bridgehead atoms. The average Bonchev–Trinajstić information content (AvgIpc) is 3.22. The number of imide groups is 1. The van der Waals surface area contributed by atoms with E-state index in [1.54, 1.807) is 4.90 Å². The van der Waals surface area contributed by atoms with Crippen LogP contribution in [-0.4, -0.2) is 58.7 Å². The Morgan fingerprint density at radius 2 is 1.93 bits per heavy atom. The van der Waals surface area contributed by atoms with Crippen molar-refractivity contribution < 1.29 is 18.0 Å². The molecule has 27 heavy (non-hydrogen) atoms. The predicted molar refractivity (Wildman–Crippen MR) is 100.0 cm³/mol. The summed E-state index contributed by atoms with van der Waals surface area (Å²) in [4.78, 5) is 32.7. The van der Waals surface area contributed by atoms with E-state index in [9.17, 15) is 18.0 Å². The van der Waals surface area contributed by atoms with Gasteiger partial charge >= 0.3 is 6.03 Å². The summed E-state index contributed by atoms with van der Waals surface area (Å²) in [6.45, 7) is 3.88. The van der Waals surface area contributed by atoms with Gasteiger partial charge in [-0.3, -0.25) is 9.69 Å². The number of rotatable bonds is 1. The first-order valence-electron chi connectivity index (χ1n) is 9.17. The second-order valence-electron chi connectivity index (χ2n) is 8.22. The largest absolute Gasteiger partial charge is 0.356 e. The zero-order chi connectivity index (χ0) is 19.1. The van der Waals surface area contributed by atoms with E-state index in [2.05, 4.69) is 4.98 Å². The van der Waals surface area contributed by atoms with E-state index < -0.39 is 27.5 Å². The summed E-state index contributed by atoms with van der Waals surface area (Å²) in [5.74, 6) is -0.363. The number of urea groups is 1. The monoisotopic (exact) mass is 387 g/mol. The number of H-pyrrole nitrogens is 1. The summed E-state index contributed by atoms with van der Waals surface area (Å²) in [7, 11) is -3.18. The zero-order valence-electron chi connectivity index (χ0n) is 15.2. The van der Waals surface area contributed by atoms with Crippen LogP contribution in [0.15, 0.2) is 24.3 Å². The van der Waals surface area contributed by atoms with E-state index in [0.29, 0.717) is 12.8 Å². The Morgan fingerprint density at radius 1 is 1.19 bits per heavy atom. The van der Waals surface area contributed by atoms with Crippen molar-refractivity contribution >= 4 is 32.7 Å². The Bertz CT molecular complexity index is 1100. The zero-order valence-corrected chi connectivity index (χ0v) is 16.0. The van der Waals surface area contributed by atoms with Crippen molar-refractivity contribution in [1.29, 1.82) is 0 Å². The highest BCUT2D eigenvalue weighted by Crippen LogP contribution is 2.45. The summed E-state index contributed by atoms with van der Waals surface area (Å²) in [6, 6.07) is 6.44. The van der Waals surface area contributed by atoms with Crippen LogP contribution >= 0.6 is 0 Å². The van der Waals surface area contributed by atoms with Crippen molar-refractivity contribution in [2.24, 2.45) is 0 Å². The van der Waals surface area contributed by atoms with Crippen LogP contribution in [0.5, 0.6) is 0 Å². The van der Waals surface area contributed by atoms with Gasteiger partial charge in [0.25, 0.3) is 5.91 Å². The van der Waals surface area contributed by atoms with Gasteiger partial charge in [0.2, 0.25) is 0 Å². The highest BCUT2D eigenvalue weighted by atomic mass is 32.2. The van der Waals surface area contributed by atoms with Gasteiger partial charge in [0.1, 0.15) is 6.04 Å². The summed E-state index contributed by atoms with van der Waals surface area (Å²) in [5, 5.41) is 1.07. The van der Waals surface area contributed by atoms with Crippen molar-refractivity contribution in [2.75, 3.05) is 11.5 Å². The first-order chi connectivity index (χ1) is 12.7. The minimum absolute atomic E-state index is 0.0342. The molecular formula is C19H21N3O4S. The fraction of sp³-hybridized carbons (Fsp3) is 0.474. The molecule has 0 radical (unpaired) electrons. The van der Waals surface area contributed by atoms with E-state index in [0.717, 1.165) is 22.2 Å². The van der Waals surface area contributed by atoms with Crippen molar-refractivity contribution in [3.8, 4) is 0 Å². The molecule has 1 aromatic heterocycles. The Kier molecular flexibility index (Phi) is 3.19. The molecular weight excluding hydrogens is 366 g/mol. The minimum atomic E-state index is -3.18.